The van der Waals surface area contributed by atoms with Crippen molar-refractivity contribution in [2.24, 2.45) is 5.73 Å². The van der Waals surface area contributed by atoms with Crippen LogP contribution in [0, 0.1) is 13.8 Å². The molecule has 1 aromatic carbocycles. The van der Waals surface area contributed by atoms with Crippen molar-refractivity contribution in [1.82, 2.24) is 10.0 Å². The molecule has 0 spiro atoms. The van der Waals surface area contributed by atoms with E-state index < -0.39 is 33.9 Å². The van der Waals surface area contributed by atoms with E-state index in [1.54, 1.807) is 26.0 Å². The average Bonchev–Trinajstić information content (AvgIpc) is 3.21. The summed E-state index contributed by atoms with van der Waals surface area (Å²) in [6.45, 7) is 5.25. The fourth-order valence-electron chi connectivity index (χ4n) is 2.88. The highest BCUT2D eigenvalue weighted by Crippen LogP contribution is 2.16. The molecule has 2 atom stereocenters. The van der Waals surface area contributed by atoms with Crippen LogP contribution in [0.4, 0.5) is 0 Å². The Hall–Kier alpha value is -2.98. The molecule has 0 saturated heterocycles. The number of benzene rings is 1. The van der Waals surface area contributed by atoms with Gasteiger partial charge in [-0.25, -0.2) is 8.42 Å². The summed E-state index contributed by atoms with van der Waals surface area (Å²) >= 11 is 0. The molecule has 0 unspecified atom stereocenters. The van der Waals surface area contributed by atoms with Gasteiger partial charge in [0.1, 0.15) is 6.04 Å². The highest BCUT2D eigenvalue weighted by molar-refractivity contribution is 7.89. The zero-order chi connectivity index (χ0) is 23.2. The highest BCUT2D eigenvalue weighted by atomic mass is 32.2. The molecule has 2 aromatic rings. The molecule has 10 heteroatoms. The summed E-state index contributed by atoms with van der Waals surface area (Å²) in [7, 11) is -4.03. The van der Waals surface area contributed by atoms with Gasteiger partial charge in [0.2, 0.25) is 21.8 Å². The summed E-state index contributed by atoms with van der Waals surface area (Å²) in [6.07, 6.45) is 1.03. The minimum atomic E-state index is -4.03. The van der Waals surface area contributed by atoms with Crippen LogP contribution < -0.4 is 15.8 Å². The van der Waals surface area contributed by atoms with E-state index in [9.17, 15) is 22.8 Å². The maximum Gasteiger partial charge on any atom is 0.241 e. The van der Waals surface area contributed by atoms with Crippen molar-refractivity contribution in [3.05, 3.63) is 53.5 Å². The second-order valence-electron chi connectivity index (χ2n) is 7.44. The maximum atomic E-state index is 12.8. The summed E-state index contributed by atoms with van der Waals surface area (Å²) in [5.41, 5.74) is 6.88. The Morgan fingerprint density at radius 3 is 2.42 bits per heavy atom. The van der Waals surface area contributed by atoms with E-state index in [0.717, 1.165) is 11.1 Å². The number of carbonyl (C=O) groups excluding carboxylic acids is 3. The molecule has 4 N–H and O–H groups in total. The summed E-state index contributed by atoms with van der Waals surface area (Å²) in [6, 6.07) is 5.89. The number of nitrogens with two attached hydrogens (primary N) is 1. The predicted octanol–water partition coefficient (Wildman–Crippen LogP) is 1.59. The second kappa shape index (κ2) is 10.4. The largest absolute Gasteiger partial charge is 0.461 e. The molecular weight excluding hydrogens is 422 g/mol. The van der Waals surface area contributed by atoms with Crippen LogP contribution in [0.5, 0.6) is 0 Å². The van der Waals surface area contributed by atoms with Crippen molar-refractivity contribution in [3.63, 3.8) is 0 Å². The number of ketones is 1. The quantitative estimate of drug-likeness (QED) is 0.444. The number of carbonyl (C=O) groups is 3. The van der Waals surface area contributed by atoms with Crippen LogP contribution in [0.3, 0.4) is 0 Å². The lowest BCUT2D eigenvalue weighted by Gasteiger charge is -2.21. The third kappa shape index (κ3) is 7.04. The lowest BCUT2D eigenvalue weighted by atomic mass is 10.1. The van der Waals surface area contributed by atoms with Crippen LogP contribution in [0.2, 0.25) is 0 Å². The Morgan fingerprint density at radius 2 is 1.84 bits per heavy atom. The van der Waals surface area contributed by atoms with Crippen LogP contribution in [0.25, 0.3) is 0 Å². The number of sulfonamides is 1. The number of nitrogens with one attached hydrogen (secondary N) is 2. The molecule has 0 saturated carbocycles. The average molecular weight is 450 g/mol. The summed E-state index contributed by atoms with van der Waals surface area (Å²) in [5.74, 6) is -1.46. The third-order valence-electron chi connectivity index (χ3n) is 4.76. The van der Waals surface area contributed by atoms with Crippen LogP contribution >= 0.6 is 0 Å². The SMILES string of the molecule is Cc1ccc(S(=O)(=O)N[C@@H](CCC(N)=O)C(=O)N[C@H](C)CC(=O)c2ccco2)cc1C. The molecule has 0 fully saturated rings. The van der Waals surface area contributed by atoms with Gasteiger partial charge >= 0.3 is 0 Å². The summed E-state index contributed by atoms with van der Waals surface area (Å²) in [5, 5.41) is 2.61. The number of hydrogen-bond donors (Lipinski definition) is 3. The standard InChI is InChI=1S/C21H27N3O6S/c1-13-6-7-16(11-14(13)2)31(28,29)24-17(8-9-20(22)26)21(27)23-15(3)12-18(25)19-5-4-10-30-19/h4-7,10-11,15,17,24H,8-9,12H2,1-3H3,(H2,22,26)(H,23,27)/t15-,17+/m1/s1. The van der Waals surface area contributed by atoms with Crippen molar-refractivity contribution in [2.75, 3.05) is 0 Å². The van der Waals surface area contributed by atoms with Crippen LogP contribution in [-0.4, -0.2) is 38.1 Å². The first kappa shape index (κ1) is 24.3. The first-order valence-corrected chi connectivity index (χ1v) is 11.2. The van der Waals surface area contributed by atoms with Gasteiger partial charge < -0.3 is 15.5 Å². The van der Waals surface area contributed by atoms with Crippen molar-refractivity contribution >= 4 is 27.6 Å². The van der Waals surface area contributed by atoms with Gasteiger partial charge in [0, 0.05) is 18.9 Å². The van der Waals surface area contributed by atoms with E-state index in [0.29, 0.717) is 0 Å². The molecule has 168 valence electrons. The van der Waals surface area contributed by atoms with Gasteiger partial charge in [-0.2, -0.15) is 4.72 Å². The van der Waals surface area contributed by atoms with Gasteiger partial charge in [-0.15, -0.1) is 0 Å². The van der Waals surface area contributed by atoms with E-state index >= 15 is 0 Å². The molecule has 9 nitrogen and oxygen atoms in total. The van der Waals surface area contributed by atoms with E-state index in [-0.39, 0.29) is 35.7 Å². The number of aryl methyl sites for hydroxylation is 2. The van der Waals surface area contributed by atoms with Gasteiger partial charge in [-0.3, -0.25) is 14.4 Å². The van der Waals surface area contributed by atoms with Gasteiger partial charge in [-0.05, 0) is 62.6 Å². The first-order valence-electron chi connectivity index (χ1n) is 9.74. The zero-order valence-corrected chi connectivity index (χ0v) is 18.5. The molecule has 2 amide bonds. The minimum absolute atomic E-state index is 0.00789. The van der Waals surface area contributed by atoms with E-state index in [4.69, 9.17) is 10.2 Å². The minimum Gasteiger partial charge on any atom is -0.461 e. The predicted molar refractivity (Wildman–Crippen MR) is 114 cm³/mol. The topological polar surface area (TPSA) is 149 Å². The molecular formula is C21H27N3O6S. The molecule has 31 heavy (non-hydrogen) atoms. The molecule has 0 aliphatic carbocycles. The van der Waals surface area contributed by atoms with E-state index in [1.807, 2.05) is 6.92 Å². The number of primary amides is 1. The molecule has 0 bridgehead atoms. The van der Waals surface area contributed by atoms with E-state index in [1.165, 1.54) is 24.5 Å². The van der Waals surface area contributed by atoms with Crippen molar-refractivity contribution in [3.8, 4) is 0 Å². The third-order valence-corrected chi connectivity index (χ3v) is 6.23. The van der Waals surface area contributed by atoms with Crippen LogP contribution in [0.15, 0.2) is 45.9 Å². The molecule has 0 aliphatic heterocycles. The van der Waals surface area contributed by atoms with Gasteiger partial charge in [0.15, 0.2) is 11.5 Å². The molecule has 0 aliphatic rings. The Labute approximate surface area is 181 Å². The highest BCUT2D eigenvalue weighted by Gasteiger charge is 2.28. The Kier molecular flexibility index (Phi) is 8.12. The fourth-order valence-corrected chi connectivity index (χ4v) is 4.19. The lowest BCUT2D eigenvalue weighted by molar-refractivity contribution is -0.123. The number of rotatable bonds is 11. The fraction of sp³-hybridized carbons (Fsp3) is 0.381. The number of Topliss-reactive ketones (excluding diaryl/α,β-unsaturated/α-hetero) is 1. The van der Waals surface area contributed by atoms with E-state index in [2.05, 4.69) is 10.0 Å². The van der Waals surface area contributed by atoms with Crippen LogP contribution in [-0.2, 0) is 19.6 Å². The van der Waals surface area contributed by atoms with Gasteiger partial charge in [0.25, 0.3) is 0 Å². The Morgan fingerprint density at radius 1 is 1.13 bits per heavy atom. The van der Waals surface area contributed by atoms with Gasteiger partial charge in [0.05, 0.1) is 11.2 Å². The van der Waals surface area contributed by atoms with Gasteiger partial charge in [-0.1, -0.05) is 6.07 Å². The molecule has 1 heterocycles. The monoisotopic (exact) mass is 449 g/mol. The molecule has 1 aromatic heterocycles. The summed E-state index contributed by atoms with van der Waals surface area (Å²) in [4.78, 5) is 36.1. The normalized spacial score (nSPS) is 13.4. The Balaban J connectivity index is 2.12. The first-order chi connectivity index (χ1) is 14.5. The number of furan rings is 1. The van der Waals surface area contributed by atoms with Crippen molar-refractivity contribution < 1.29 is 27.2 Å². The summed E-state index contributed by atoms with van der Waals surface area (Å²) < 4.78 is 33.0. The molecule has 2 rings (SSSR count). The smallest absolute Gasteiger partial charge is 0.241 e. The second-order valence-corrected chi connectivity index (χ2v) is 9.15. The number of amides is 2. The number of hydrogen-bond acceptors (Lipinski definition) is 6. The maximum absolute atomic E-state index is 12.8. The van der Waals surface area contributed by atoms with Crippen molar-refractivity contribution in [2.45, 2.75) is 57.0 Å². The Bertz CT molecular complexity index is 1050. The van der Waals surface area contributed by atoms with Crippen molar-refractivity contribution in [1.29, 1.82) is 0 Å². The van der Waals surface area contributed by atoms with Crippen LogP contribution in [0.1, 0.15) is 47.9 Å². The lowest BCUT2D eigenvalue weighted by Crippen LogP contribution is -2.49. The molecule has 0 radical (unpaired) electrons. The zero-order valence-electron chi connectivity index (χ0n) is 17.7.